The highest BCUT2D eigenvalue weighted by Crippen LogP contribution is 2.38. The summed E-state index contributed by atoms with van der Waals surface area (Å²) in [5, 5.41) is 13.4. The van der Waals surface area contributed by atoms with Gasteiger partial charge in [-0.25, -0.2) is 13.4 Å². The van der Waals surface area contributed by atoms with Crippen LogP contribution in [-0.4, -0.2) is 59.6 Å². The molecule has 0 amide bonds. The van der Waals surface area contributed by atoms with Gasteiger partial charge < -0.3 is 15.3 Å². The van der Waals surface area contributed by atoms with Crippen LogP contribution in [0.25, 0.3) is 0 Å². The number of benzene rings is 1. The molecule has 2 aliphatic rings. The van der Waals surface area contributed by atoms with Crippen LogP contribution in [-0.2, 0) is 16.2 Å². The second-order valence-corrected chi connectivity index (χ2v) is 13.0. The van der Waals surface area contributed by atoms with E-state index >= 15 is 0 Å². The lowest BCUT2D eigenvalue weighted by atomic mass is 9.87. The fraction of sp³-hybridized carbons (Fsp3) is 0.615. The van der Waals surface area contributed by atoms with E-state index in [1.165, 1.54) is 15.3 Å². The fourth-order valence-electron chi connectivity index (χ4n) is 5.26. The summed E-state index contributed by atoms with van der Waals surface area (Å²) in [6, 6.07) is 4.63. The summed E-state index contributed by atoms with van der Waals surface area (Å²) >= 11 is 0. The third-order valence-electron chi connectivity index (χ3n) is 7.57. The standard InChI is InChI=1S/C26H36F3N5O3S/c1-17(2)19-8-12-34(13-9-19)38(36,37)20-6-7-22(18(3)14-20)31-24-30-15-21(26(27,28)29)23(32-24)33-11-5-10-25(4,35)16-33/h6-7,14-15,17,19,35H,5,8-13,16H2,1-4H3,(H,30,31,32)/t25-/m0/s1. The summed E-state index contributed by atoms with van der Waals surface area (Å²) in [4.78, 5) is 9.67. The number of hydrogen-bond acceptors (Lipinski definition) is 7. The Labute approximate surface area is 222 Å². The van der Waals surface area contributed by atoms with Crippen molar-refractivity contribution >= 4 is 27.5 Å². The van der Waals surface area contributed by atoms with E-state index in [0.29, 0.717) is 55.6 Å². The third-order valence-corrected chi connectivity index (χ3v) is 9.47. The molecule has 210 valence electrons. The van der Waals surface area contributed by atoms with Crippen molar-refractivity contribution in [2.45, 2.75) is 70.1 Å². The number of aliphatic hydroxyl groups is 1. The van der Waals surface area contributed by atoms with E-state index in [1.54, 1.807) is 26.0 Å². The first kappa shape index (κ1) is 28.6. The molecule has 0 unspecified atom stereocenters. The number of rotatable bonds is 6. The van der Waals surface area contributed by atoms with Crippen LogP contribution in [0.5, 0.6) is 0 Å². The van der Waals surface area contributed by atoms with Gasteiger partial charge in [0, 0.05) is 38.1 Å². The number of halogens is 3. The van der Waals surface area contributed by atoms with Crippen molar-refractivity contribution in [3.63, 3.8) is 0 Å². The van der Waals surface area contributed by atoms with Crippen molar-refractivity contribution in [1.82, 2.24) is 14.3 Å². The van der Waals surface area contributed by atoms with E-state index in [9.17, 15) is 26.7 Å². The Morgan fingerprint density at radius 1 is 1.18 bits per heavy atom. The number of aryl methyl sites for hydroxylation is 1. The van der Waals surface area contributed by atoms with Gasteiger partial charge in [0.1, 0.15) is 11.4 Å². The van der Waals surface area contributed by atoms with Crippen molar-refractivity contribution in [3.05, 3.63) is 35.5 Å². The number of piperidine rings is 2. The van der Waals surface area contributed by atoms with Gasteiger partial charge in [-0.2, -0.15) is 22.5 Å². The first-order valence-electron chi connectivity index (χ1n) is 13.0. The topological polar surface area (TPSA) is 98.7 Å². The van der Waals surface area contributed by atoms with Crippen molar-refractivity contribution in [1.29, 1.82) is 0 Å². The highest BCUT2D eigenvalue weighted by molar-refractivity contribution is 7.89. The molecule has 2 fully saturated rings. The van der Waals surface area contributed by atoms with E-state index < -0.39 is 27.4 Å². The van der Waals surface area contributed by atoms with Gasteiger partial charge in [0.05, 0.1) is 10.5 Å². The van der Waals surface area contributed by atoms with Crippen LogP contribution in [0.3, 0.4) is 0 Å². The molecule has 1 aromatic carbocycles. The van der Waals surface area contributed by atoms with Crippen molar-refractivity contribution in [3.8, 4) is 0 Å². The molecule has 0 aliphatic carbocycles. The fourth-order valence-corrected chi connectivity index (χ4v) is 6.82. The van der Waals surface area contributed by atoms with E-state index in [1.807, 2.05) is 0 Å². The number of anilines is 3. The SMILES string of the molecule is Cc1cc(S(=O)(=O)N2CCC(C(C)C)CC2)ccc1Nc1ncc(C(F)(F)F)c(N2CCC[C@](C)(O)C2)n1. The number of sulfonamides is 1. The molecule has 2 aromatic rings. The maximum Gasteiger partial charge on any atom is 0.421 e. The van der Waals surface area contributed by atoms with Gasteiger partial charge in [-0.1, -0.05) is 13.8 Å². The van der Waals surface area contributed by atoms with E-state index in [0.717, 1.165) is 19.0 Å². The molecule has 1 aromatic heterocycles. The molecule has 0 spiro atoms. The lowest BCUT2D eigenvalue weighted by Gasteiger charge is -2.38. The normalized spacial score (nSPS) is 22.2. The van der Waals surface area contributed by atoms with Gasteiger partial charge in [0.25, 0.3) is 0 Å². The molecular weight excluding hydrogens is 519 g/mol. The van der Waals surface area contributed by atoms with Crippen LogP contribution in [0.1, 0.15) is 57.6 Å². The predicted octanol–water partition coefficient (Wildman–Crippen LogP) is 4.96. The molecule has 0 bridgehead atoms. The zero-order valence-corrected chi connectivity index (χ0v) is 23.0. The number of hydrogen-bond donors (Lipinski definition) is 2. The predicted molar refractivity (Wildman–Crippen MR) is 140 cm³/mol. The molecule has 38 heavy (non-hydrogen) atoms. The first-order valence-corrected chi connectivity index (χ1v) is 14.4. The lowest BCUT2D eigenvalue weighted by molar-refractivity contribution is -0.137. The van der Waals surface area contributed by atoms with E-state index in [-0.39, 0.29) is 23.2 Å². The largest absolute Gasteiger partial charge is 0.421 e. The second kappa shape index (κ2) is 10.6. The molecule has 2 N–H and O–H groups in total. The zero-order chi connectivity index (χ0) is 27.9. The first-order chi connectivity index (χ1) is 17.7. The Kier molecular flexibility index (Phi) is 7.98. The minimum absolute atomic E-state index is 0.0204. The summed E-state index contributed by atoms with van der Waals surface area (Å²) < 4.78 is 69.2. The average Bonchev–Trinajstić information content (AvgIpc) is 2.84. The average molecular weight is 556 g/mol. The minimum atomic E-state index is -4.66. The Morgan fingerprint density at radius 2 is 1.87 bits per heavy atom. The van der Waals surface area contributed by atoms with Crippen molar-refractivity contribution in [2.24, 2.45) is 11.8 Å². The molecule has 0 saturated carbocycles. The number of nitrogens with zero attached hydrogens (tertiary/aromatic N) is 4. The molecule has 8 nitrogen and oxygen atoms in total. The van der Waals surface area contributed by atoms with Crippen molar-refractivity contribution < 1.29 is 26.7 Å². The number of nitrogens with one attached hydrogen (secondary N) is 1. The second-order valence-electron chi connectivity index (χ2n) is 11.0. The summed E-state index contributed by atoms with van der Waals surface area (Å²) in [6.45, 7) is 8.94. The lowest BCUT2D eigenvalue weighted by Crippen LogP contribution is -2.47. The number of alkyl halides is 3. The number of β-amino-alcohol motifs (C(OH)–C–C–N with tert-alkyl or cyclic N) is 1. The third kappa shape index (κ3) is 6.23. The molecular formula is C26H36F3N5O3S. The van der Waals surface area contributed by atoms with Crippen LogP contribution >= 0.6 is 0 Å². The Morgan fingerprint density at radius 3 is 2.45 bits per heavy atom. The van der Waals surface area contributed by atoms with Crippen LogP contribution in [0.2, 0.25) is 0 Å². The van der Waals surface area contributed by atoms with Crippen LogP contribution < -0.4 is 10.2 Å². The number of aromatic nitrogens is 2. The molecule has 12 heteroatoms. The Hall–Kier alpha value is -2.44. The van der Waals surface area contributed by atoms with Gasteiger partial charge >= 0.3 is 6.18 Å². The molecule has 4 rings (SSSR count). The van der Waals surface area contributed by atoms with E-state index in [4.69, 9.17) is 0 Å². The van der Waals surface area contributed by atoms with Crippen LogP contribution in [0.4, 0.5) is 30.6 Å². The van der Waals surface area contributed by atoms with Gasteiger partial charge in [-0.3, -0.25) is 0 Å². The highest BCUT2D eigenvalue weighted by atomic mass is 32.2. The summed E-state index contributed by atoms with van der Waals surface area (Å²) in [6.07, 6.45) is -1.24. The van der Waals surface area contributed by atoms with Gasteiger partial charge in [-0.05, 0) is 75.1 Å². The molecule has 2 saturated heterocycles. The highest BCUT2D eigenvalue weighted by Gasteiger charge is 2.39. The molecule has 2 aliphatic heterocycles. The Balaban J connectivity index is 1.56. The summed E-state index contributed by atoms with van der Waals surface area (Å²) in [5.74, 6) is 0.687. The monoisotopic (exact) mass is 555 g/mol. The van der Waals surface area contributed by atoms with Gasteiger partial charge in [0.2, 0.25) is 16.0 Å². The van der Waals surface area contributed by atoms with E-state index in [2.05, 4.69) is 29.1 Å². The Bertz CT molecular complexity index is 1260. The smallest absolute Gasteiger partial charge is 0.388 e. The van der Waals surface area contributed by atoms with Crippen molar-refractivity contribution in [2.75, 3.05) is 36.4 Å². The zero-order valence-electron chi connectivity index (χ0n) is 22.2. The van der Waals surface area contributed by atoms with Crippen LogP contribution in [0.15, 0.2) is 29.3 Å². The molecule has 3 heterocycles. The summed E-state index contributed by atoms with van der Waals surface area (Å²) in [5.41, 5.74) is -1.02. The maximum absolute atomic E-state index is 13.7. The maximum atomic E-state index is 13.7. The quantitative estimate of drug-likeness (QED) is 0.520. The van der Waals surface area contributed by atoms with Gasteiger partial charge in [-0.15, -0.1) is 0 Å². The molecule has 1 atom stereocenters. The van der Waals surface area contributed by atoms with Gasteiger partial charge in [0.15, 0.2) is 0 Å². The summed E-state index contributed by atoms with van der Waals surface area (Å²) in [7, 11) is -3.66. The van der Waals surface area contributed by atoms with Crippen LogP contribution in [0, 0.1) is 18.8 Å². The molecule has 0 radical (unpaired) electrons. The minimum Gasteiger partial charge on any atom is -0.388 e.